The molecule has 71 heavy (non-hydrogen) atoms. The van der Waals surface area contributed by atoms with Gasteiger partial charge in [-0.2, -0.15) is 18.8 Å². The molecule has 24 heteroatoms. The number of aromatic nitrogens is 6. The Balaban J connectivity index is 0.000000198. The number of nitrogens with one attached hydrogen (secondary N) is 2. The highest BCUT2D eigenvalue weighted by atomic mass is 32.2. The summed E-state index contributed by atoms with van der Waals surface area (Å²) in [5.74, 6) is -1.95. The van der Waals surface area contributed by atoms with E-state index in [0.717, 1.165) is 35.0 Å². The van der Waals surface area contributed by atoms with E-state index in [0.29, 0.717) is 51.1 Å². The minimum Gasteiger partial charge on any atom is -0.478 e. The van der Waals surface area contributed by atoms with E-state index < -0.39 is 26.0 Å². The number of pyridine rings is 2. The number of hydrogen-bond donors (Lipinski definition) is 4. The Kier molecular flexibility index (Phi) is 16.3. The van der Waals surface area contributed by atoms with Crippen molar-refractivity contribution >= 4 is 54.6 Å². The van der Waals surface area contributed by atoms with Crippen LogP contribution < -0.4 is 16.9 Å². The molecule has 5 N–H and O–H groups in total. The average Bonchev–Trinajstić information content (AvgIpc) is 3.77. The van der Waals surface area contributed by atoms with Gasteiger partial charge in [0.2, 0.25) is 20.0 Å². The SMILES string of the molecule is Cc1c(C(=O)O)c2cccnn2c1C(=O)N1CCN(S(C)(=O)=O)CC1.Cc1cc(C)c(CCC(=O)c2c(C)c(C(=O)N3CCN(S(C)(=O)=O)CC3)n3ncccc23)c(=O)[nH]1.Cc1cc(C)c(CN)c(=O)[nH]1. The summed E-state index contributed by atoms with van der Waals surface area (Å²) in [7, 11) is -6.61. The van der Waals surface area contributed by atoms with Gasteiger partial charge in [-0.05, 0) is 107 Å². The number of ketones is 1. The third-order valence-corrected chi connectivity index (χ3v) is 15.2. The number of aromatic amines is 2. The van der Waals surface area contributed by atoms with Crippen LogP contribution in [0.5, 0.6) is 0 Å². The number of aromatic carboxylic acids is 1. The predicted octanol–water partition coefficient (Wildman–Crippen LogP) is 1.99. The summed E-state index contributed by atoms with van der Waals surface area (Å²) in [6, 6.07) is 10.5. The van der Waals surface area contributed by atoms with Gasteiger partial charge in [-0.1, -0.05) is 0 Å². The summed E-state index contributed by atoms with van der Waals surface area (Å²) in [6.45, 7) is 12.9. The van der Waals surface area contributed by atoms with Crippen molar-refractivity contribution in [3.8, 4) is 0 Å². The predicted molar refractivity (Wildman–Crippen MR) is 265 cm³/mol. The summed E-state index contributed by atoms with van der Waals surface area (Å²) >= 11 is 0. The van der Waals surface area contributed by atoms with E-state index in [9.17, 15) is 50.7 Å². The Morgan fingerprint density at radius 3 is 1.41 bits per heavy atom. The number of amides is 2. The molecule has 8 rings (SSSR count). The summed E-state index contributed by atoms with van der Waals surface area (Å²) in [4.78, 5) is 83.4. The molecule has 2 fully saturated rings. The zero-order chi connectivity index (χ0) is 52.3. The van der Waals surface area contributed by atoms with Gasteiger partial charge in [0.1, 0.15) is 11.4 Å². The van der Waals surface area contributed by atoms with E-state index in [-0.39, 0.29) is 105 Å². The van der Waals surface area contributed by atoms with Gasteiger partial charge in [-0.25, -0.2) is 30.7 Å². The standard InChI is InChI=1S/C24H29N5O5S.C15H18N4O5S.C8H12N2O/c1-15-14-16(2)26-23(31)18(15)7-8-20(30)21-17(3)22(29-19(21)6-5-9-25-29)24(32)27-10-12-28(13-11-27)35(4,33)34;1-10-12(15(21)22)11-4-3-5-16-19(11)13(10)14(20)17-6-8-18(9-7-17)25(2,23)24;1-5-3-6(2)10-8(11)7(5)4-9/h5-6,9,14H,7-8,10-13H2,1-4H3,(H,26,31);3-5H,6-9H2,1-2H3,(H,21,22);3H,4,9H2,1-2H3,(H,10,11). The fourth-order valence-electron chi connectivity index (χ4n) is 8.98. The smallest absolute Gasteiger partial charge is 0.338 e. The first-order valence-corrected chi connectivity index (χ1v) is 26.3. The van der Waals surface area contributed by atoms with E-state index in [4.69, 9.17) is 5.73 Å². The molecule has 0 aliphatic carbocycles. The Morgan fingerprint density at radius 2 is 1.03 bits per heavy atom. The van der Waals surface area contributed by atoms with Crippen LogP contribution in [0.3, 0.4) is 0 Å². The lowest BCUT2D eigenvalue weighted by atomic mass is 9.98. The third-order valence-electron chi connectivity index (χ3n) is 12.6. The number of Topliss-reactive ketones (excluding diaryl/α,β-unsaturated/α-hetero) is 1. The zero-order valence-electron chi connectivity index (χ0n) is 40.9. The van der Waals surface area contributed by atoms with Crippen LogP contribution in [-0.4, -0.2) is 158 Å². The number of H-pyrrole nitrogens is 2. The first-order valence-electron chi connectivity index (χ1n) is 22.6. The van der Waals surface area contributed by atoms with Crippen molar-refractivity contribution in [3.05, 3.63) is 137 Å². The summed E-state index contributed by atoms with van der Waals surface area (Å²) < 4.78 is 52.3. The van der Waals surface area contributed by atoms with E-state index >= 15 is 0 Å². The van der Waals surface area contributed by atoms with Gasteiger partial charge in [-0.3, -0.25) is 24.0 Å². The Bertz CT molecular complexity index is 3400. The van der Waals surface area contributed by atoms with Gasteiger partial charge in [-0.15, -0.1) is 0 Å². The highest BCUT2D eigenvalue weighted by Gasteiger charge is 2.33. The molecule has 0 aromatic carbocycles. The highest BCUT2D eigenvalue weighted by molar-refractivity contribution is 7.88. The molecule has 0 atom stereocenters. The number of carbonyl (C=O) groups excluding carboxylic acids is 3. The number of rotatable bonds is 10. The fraction of sp³-hybridized carbons (Fsp3) is 0.404. The molecule has 0 spiro atoms. The molecule has 2 saturated heterocycles. The quantitative estimate of drug-likeness (QED) is 0.143. The molecule has 0 saturated carbocycles. The summed E-state index contributed by atoms with van der Waals surface area (Å²) in [5, 5.41) is 17.9. The van der Waals surface area contributed by atoms with Gasteiger partial charge in [0.25, 0.3) is 22.9 Å². The van der Waals surface area contributed by atoms with Crippen LogP contribution in [0.4, 0.5) is 0 Å². The third kappa shape index (κ3) is 11.7. The van der Waals surface area contributed by atoms with Crippen LogP contribution >= 0.6 is 0 Å². The van der Waals surface area contributed by atoms with Crippen LogP contribution in [0.25, 0.3) is 11.0 Å². The molecule has 0 radical (unpaired) electrons. The lowest BCUT2D eigenvalue weighted by molar-refractivity contribution is 0.0681. The monoisotopic (exact) mass is 1020 g/mol. The maximum atomic E-state index is 13.5. The first kappa shape index (κ1) is 53.5. The largest absolute Gasteiger partial charge is 0.478 e. The topological polar surface area (TPSA) is 296 Å². The Hall–Kier alpha value is -6.86. The van der Waals surface area contributed by atoms with Crippen LogP contribution in [0.1, 0.15) is 92.9 Å². The van der Waals surface area contributed by atoms with Crippen molar-refractivity contribution in [2.45, 2.75) is 60.9 Å². The number of nitrogens with two attached hydrogens (primary N) is 1. The normalized spacial score (nSPS) is 14.7. The molecule has 2 amide bonds. The molecular weight excluding hydrogens is 959 g/mol. The number of hydrogen-bond acceptors (Lipinski definition) is 13. The van der Waals surface area contributed by atoms with E-state index in [1.54, 1.807) is 49.2 Å². The Morgan fingerprint density at radius 1 is 0.634 bits per heavy atom. The molecule has 22 nitrogen and oxygen atoms in total. The number of carbonyl (C=O) groups is 4. The molecule has 8 heterocycles. The number of piperazine rings is 2. The highest BCUT2D eigenvalue weighted by Crippen LogP contribution is 2.27. The lowest BCUT2D eigenvalue weighted by Gasteiger charge is -2.33. The van der Waals surface area contributed by atoms with Crippen molar-refractivity contribution < 1.29 is 41.1 Å². The minimum atomic E-state index is -3.32. The molecule has 2 aliphatic heterocycles. The lowest BCUT2D eigenvalue weighted by Crippen LogP contribution is -2.50. The zero-order valence-corrected chi connectivity index (χ0v) is 42.5. The molecule has 0 unspecified atom stereocenters. The second-order valence-electron chi connectivity index (χ2n) is 17.6. The van der Waals surface area contributed by atoms with Crippen LogP contribution in [-0.2, 0) is 33.0 Å². The molecule has 6 aromatic rings. The van der Waals surface area contributed by atoms with Crippen LogP contribution in [0, 0.1) is 41.5 Å². The van der Waals surface area contributed by atoms with E-state index in [1.807, 2.05) is 39.8 Å². The molecular formula is C47H59N11O11S2. The van der Waals surface area contributed by atoms with Gasteiger partial charge in [0, 0.05) is 106 Å². The second kappa shape index (κ2) is 21.6. The second-order valence-corrected chi connectivity index (χ2v) is 21.5. The van der Waals surface area contributed by atoms with Crippen molar-refractivity contribution in [1.29, 1.82) is 0 Å². The molecule has 380 valence electrons. The fourth-order valence-corrected chi connectivity index (χ4v) is 10.6. The Labute approximate surface area is 410 Å². The average molecular weight is 1020 g/mol. The maximum Gasteiger partial charge on any atom is 0.338 e. The number of aryl methyl sites for hydroxylation is 4. The molecule has 2 aliphatic rings. The first-order chi connectivity index (χ1) is 33.3. The van der Waals surface area contributed by atoms with Crippen molar-refractivity contribution in [2.75, 3.05) is 64.9 Å². The maximum absolute atomic E-state index is 13.5. The van der Waals surface area contributed by atoms with Gasteiger partial charge in [0.05, 0.1) is 29.1 Å². The van der Waals surface area contributed by atoms with Gasteiger partial charge >= 0.3 is 5.97 Å². The summed E-state index contributed by atoms with van der Waals surface area (Å²) in [6.07, 6.45) is 5.73. The van der Waals surface area contributed by atoms with Gasteiger partial charge in [0.15, 0.2) is 5.78 Å². The van der Waals surface area contributed by atoms with E-state index in [2.05, 4.69) is 20.2 Å². The number of nitrogens with zero attached hydrogens (tertiary/aromatic N) is 8. The van der Waals surface area contributed by atoms with Crippen molar-refractivity contribution in [2.24, 2.45) is 5.73 Å². The van der Waals surface area contributed by atoms with Crippen molar-refractivity contribution in [3.63, 3.8) is 0 Å². The van der Waals surface area contributed by atoms with Crippen LogP contribution in [0.2, 0.25) is 0 Å². The van der Waals surface area contributed by atoms with Crippen LogP contribution in [0.15, 0.2) is 58.4 Å². The number of carboxylic acid groups (broad SMARTS) is 1. The summed E-state index contributed by atoms with van der Waals surface area (Å²) in [5.41, 5.74) is 12.5. The molecule has 0 bridgehead atoms. The number of carboxylic acids is 1. The van der Waals surface area contributed by atoms with Crippen molar-refractivity contribution in [1.82, 2.24) is 47.6 Å². The molecule has 6 aromatic heterocycles. The number of fused-ring (bicyclic) bond motifs is 2. The van der Waals surface area contributed by atoms with Gasteiger partial charge < -0.3 is 30.6 Å². The number of sulfonamides is 2. The minimum absolute atomic E-state index is 0.0474. The van der Waals surface area contributed by atoms with E-state index in [1.165, 1.54) is 28.7 Å².